The highest BCUT2D eigenvalue weighted by Crippen LogP contribution is 2.25. The van der Waals surface area contributed by atoms with Crippen molar-refractivity contribution in [1.82, 2.24) is 14.0 Å². The fourth-order valence-corrected chi connectivity index (χ4v) is 4.12. The summed E-state index contributed by atoms with van der Waals surface area (Å²) in [6, 6.07) is 7.95. The molecule has 186 valence electrons. The van der Waals surface area contributed by atoms with Crippen molar-refractivity contribution in [2.45, 2.75) is 27.3 Å². The van der Waals surface area contributed by atoms with E-state index in [0.717, 1.165) is 4.57 Å². The molecule has 0 spiro atoms. The summed E-state index contributed by atoms with van der Waals surface area (Å²) in [7, 11) is 3.69. The van der Waals surface area contributed by atoms with Crippen LogP contribution in [-0.4, -0.2) is 59.8 Å². The molecular weight excluding hydrogens is 474 g/mol. The molecule has 0 fully saturated rings. The van der Waals surface area contributed by atoms with Gasteiger partial charge in [-0.25, -0.2) is 14.2 Å². The first-order valence-electron chi connectivity index (χ1n) is 11.1. The first kappa shape index (κ1) is 26.2. The lowest BCUT2D eigenvalue weighted by Crippen LogP contribution is -2.41. The van der Waals surface area contributed by atoms with Crippen molar-refractivity contribution in [1.29, 1.82) is 0 Å². The Hall–Kier alpha value is -3.43. The van der Waals surface area contributed by atoms with Crippen LogP contribution in [0, 0.1) is 13.8 Å². The average Bonchev–Trinajstić information content (AvgIpc) is 2.77. The fourth-order valence-electron chi connectivity index (χ4n) is 3.90. The van der Waals surface area contributed by atoms with E-state index in [9.17, 15) is 19.2 Å². The predicted molar refractivity (Wildman–Crippen MR) is 134 cm³/mol. The van der Waals surface area contributed by atoms with Crippen LogP contribution in [0.4, 0.5) is 0 Å². The SMILES string of the molecule is CCOC(=O)c1c(C)cc2c(c1C)c(=O)n(-c1ccccc1Cl)c(=O)n2CC(=O)OCCN(C)C. The summed E-state index contributed by atoms with van der Waals surface area (Å²) in [6.07, 6.45) is 0. The number of carbonyl (C=O) groups is 2. The molecule has 3 aromatic rings. The van der Waals surface area contributed by atoms with Gasteiger partial charge in [0.2, 0.25) is 0 Å². The van der Waals surface area contributed by atoms with Crippen molar-refractivity contribution >= 4 is 34.4 Å². The molecule has 1 aromatic heterocycles. The molecule has 0 aliphatic heterocycles. The van der Waals surface area contributed by atoms with E-state index < -0.39 is 29.7 Å². The number of likely N-dealkylation sites (N-methyl/N-ethyl adjacent to an activating group) is 1. The van der Waals surface area contributed by atoms with E-state index in [1.807, 2.05) is 19.0 Å². The van der Waals surface area contributed by atoms with E-state index in [4.69, 9.17) is 21.1 Å². The molecule has 3 rings (SSSR count). The van der Waals surface area contributed by atoms with Crippen LogP contribution < -0.4 is 11.2 Å². The highest BCUT2D eigenvalue weighted by molar-refractivity contribution is 6.32. The number of carbonyl (C=O) groups excluding carboxylic acids is 2. The Morgan fingerprint density at radius 2 is 1.77 bits per heavy atom. The Morgan fingerprint density at radius 1 is 1.09 bits per heavy atom. The molecule has 10 heteroatoms. The largest absolute Gasteiger partial charge is 0.463 e. The Bertz CT molecular complexity index is 1410. The maximum atomic E-state index is 13.7. The summed E-state index contributed by atoms with van der Waals surface area (Å²) in [6.45, 7) is 5.39. The normalized spacial score (nSPS) is 11.2. The first-order valence-corrected chi connectivity index (χ1v) is 11.5. The van der Waals surface area contributed by atoms with Crippen LogP contribution in [-0.2, 0) is 20.8 Å². The second-order valence-corrected chi connectivity index (χ2v) is 8.70. The van der Waals surface area contributed by atoms with Crippen LogP contribution in [0.15, 0.2) is 39.9 Å². The number of nitrogens with zero attached hydrogens (tertiary/aromatic N) is 3. The van der Waals surface area contributed by atoms with E-state index in [0.29, 0.717) is 17.7 Å². The number of para-hydroxylation sites is 1. The molecule has 0 bridgehead atoms. The molecule has 1 heterocycles. The quantitative estimate of drug-likeness (QED) is 0.437. The van der Waals surface area contributed by atoms with Crippen LogP contribution in [0.3, 0.4) is 0 Å². The smallest absolute Gasteiger partial charge is 0.338 e. The van der Waals surface area contributed by atoms with Gasteiger partial charge in [0, 0.05) is 6.54 Å². The summed E-state index contributed by atoms with van der Waals surface area (Å²) in [5.41, 5.74) is 0.0768. The zero-order chi connectivity index (χ0) is 25.9. The molecule has 0 radical (unpaired) electrons. The molecule has 0 unspecified atom stereocenters. The molecule has 0 aliphatic rings. The van der Waals surface area contributed by atoms with Crippen LogP contribution in [0.2, 0.25) is 5.02 Å². The molecule has 0 atom stereocenters. The van der Waals surface area contributed by atoms with Gasteiger partial charge in [0.05, 0.1) is 33.8 Å². The summed E-state index contributed by atoms with van der Waals surface area (Å²) in [5, 5.41) is 0.292. The van der Waals surface area contributed by atoms with E-state index in [1.165, 1.54) is 10.6 Å². The Morgan fingerprint density at radius 3 is 2.40 bits per heavy atom. The lowest BCUT2D eigenvalue weighted by molar-refractivity contribution is -0.144. The minimum atomic E-state index is -0.747. The first-order chi connectivity index (χ1) is 16.6. The minimum Gasteiger partial charge on any atom is -0.463 e. The molecule has 35 heavy (non-hydrogen) atoms. The number of esters is 2. The Labute approximate surface area is 207 Å². The van der Waals surface area contributed by atoms with Crippen molar-refractivity contribution in [3.63, 3.8) is 0 Å². The second-order valence-electron chi connectivity index (χ2n) is 8.29. The van der Waals surface area contributed by atoms with Crippen LogP contribution in [0.5, 0.6) is 0 Å². The van der Waals surface area contributed by atoms with Gasteiger partial charge in [-0.2, -0.15) is 0 Å². The summed E-state index contributed by atoms with van der Waals surface area (Å²) >= 11 is 6.32. The minimum absolute atomic E-state index is 0.110. The van der Waals surface area contributed by atoms with Gasteiger partial charge in [-0.3, -0.25) is 14.2 Å². The molecule has 0 aliphatic carbocycles. The monoisotopic (exact) mass is 501 g/mol. The number of aryl methyl sites for hydroxylation is 2. The van der Waals surface area contributed by atoms with Crippen LogP contribution >= 0.6 is 11.6 Å². The topological polar surface area (TPSA) is 99.8 Å². The third-order valence-corrected chi connectivity index (χ3v) is 5.86. The van der Waals surface area contributed by atoms with Crippen LogP contribution in [0.25, 0.3) is 16.6 Å². The van der Waals surface area contributed by atoms with Gasteiger partial charge in [0.25, 0.3) is 5.56 Å². The molecule has 2 aromatic carbocycles. The number of fused-ring (bicyclic) bond motifs is 1. The van der Waals surface area contributed by atoms with Crippen molar-refractivity contribution in [3.8, 4) is 5.69 Å². The zero-order valence-corrected chi connectivity index (χ0v) is 21.1. The molecule has 0 amide bonds. The molecular formula is C25H28ClN3O6. The summed E-state index contributed by atoms with van der Waals surface area (Å²) < 4.78 is 12.6. The number of benzene rings is 2. The van der Waals surface area contributed by atoms with Crippen molar-refractivity contribution in [2.24, 2.45) is 0 Å². The fraction of sp³-hybridized carbons (Fsp3) is 0.360. The summed E-state index contributed by atoms with van der Waals surface area (Å²) in [5.74, 6) is -1.21. The van der Waals surface area contributed by atoms with Gasteiger partial charge in [-0.15, -0.1) is 0 Å². The molecule has 0 N–H and O–H groups in total. The van der Waals surface area contributed by atoms with Crippen LogP contribution in [0.1, 0.15) is 28.4 Å². The summed E-state index contributed by atoms with van der Waals surface area (Å²) in [4.78, 5) is 54.4. The maximum absolute atomic E-state index is 13.7. The Kier molecular flexibility index (Phi) is 8.14. The van der Waals surface area contributed by atoms with Gasteiger partial charge >= 0.3 is 17.6 Å². The third-order valence-electron chi connectivity index (χ3n) is 5.55. The van der Waals surface area contributed by atoms with Gasteiger partial charge in [-0.05, 0) is 64.2 Å². The van der Waals surface area contributed by atoms with Gasteiger partial charge in [0.15, 0.2) is 0 Å². The average molecular weight is 502 g/mol. The number of rotatable bonds is 8. The van der Waals surface area contributed by atoms with Gasteiger partial charge in [0.1, 0.15) is 13.2 Å². The molecule has 0 saturated heterocycles. The van der Waals surface area contributed by atoms with Crippen molar-refractivity contribution in [2.75, 3.05) is 33.9 Å². The number of halogens is 1. The number of hydrogen-bond donors (Lipinski definition) is 0. The van der Waals surface area contributed by atoms with E-state index in [1.54, 1.807) is 45.0 Å². The van der Waals surface area contributed by atoms with Gasteiger partial charge < -0.3 is 14.4 Å². The third kappa shape index (κ3) is 5.31. The van der Waals surface area contributed by atoms with E-state index in [2.05, 4.69) is 0 Å². The molecule has 9 nitrogen and oxygen atoms in total. The van der Waals surface area contributed by atoms with Crippen molar-refractivity contribution in [3.05, 3.63) is 72.9 Å². The number of aromatic nitrogens is 2. The Balaban J connectivity index is 2.33. The molecule has 0 saturated carbocycles. The second kappa shape index (κ2) is 10.9. The highest BCUT2D eigenvalue weighted by atomic mass is 35.5. The lowest BCUT2D eigenvalue weighted by atomic mass is 9.98. The van der Waals surface area contributed by atoms with Gasteiger partial charge in [-0.1, -0.05) is 23.7 Å². The maximum Gasteiger partial charge on any atom is 0.338 e. The predicted octanol–water partition coefficient (Wildman–Crippen LogP) is 2.70. The highest BCUT2D eigenvalue weighted by Gasteiger charge is 2.24. The standard InChI is InChI=1S/C25H28ClN3O6/c1-6-34-24(32)21-15(2)13-19-22(16(21)3)23(31)29(18-10-8-7-9-17(18)26)25(33)28(19)14-20(30)35-12-11-27(4)5/h7-10,13H,6,11-12,14H2,1-5H3. The zero-order valence-electron chi connectivity index (χ0n) is 20.4. The number of ether oxygens (including phenoxy) is 2. The van der Waals surface area contributed by atoms with E-state index in [-0.39, 0.29) is 40.4 Å². The number of hydrogen-bond acceptors (Lipinski definition) is 7. The lowest BCUT2D eigenvalue weighted by Gasteiger charge is -2.18. The van der Waals surface area contributed by atoms with Crippen molar-refractivity contribution < 1.29 is 19.1 Å². The van der Waals surface area contributed by atoms with E-state index >= 15 is 0 Å².